The number of rotatable bonds is 8. The molecule has 2 aromatic carbocycles. The van der Waals surface area contributed by atoms with Gasteiger partial charge in [-0.1, -0.05) is 54.1 Å². The van der Waals surface area contributed by atoms with Crippen molar-refractivity contribution in [1.29, 1.82) is 0 Å². The largest absolute Gasteiger partial charge is 0.351 e. The van der Waals surface area contributed by atoms with Gasteiger partial charge in [-0.25, -0.2) is 8.42 Å². The van der Waals surface area contributed by atoms with Gasteiger partial charge in [0.1, 0.15) is 10.3 Å². The molecule has 3 rings (SSSR count). The van der Waals surface area contributed by atoms with Crippen LogP contribution in [0, 0.1) is 0 Å². The van der Waals surface area contributed by atoms with Crippen LogP contribution in [0.4, 0.5) is 0 Å². The first kappa shape index (κ1) is 22.0. The Kier molecular flexibility index (Phi) is 7.48. The summed E-state index contributed by atoms with van der Waals surface area (Å²) < 4.78 is 28.9. The third-order valence-electron chi connectivity index (χ3n) is 4.09. The van der Waals surface area contributed by atoms with Crippen LogP contribution in [-0.2, 0) is 27.8 Å². The molecule has 2 N–H and O–H groups in total. The Morgan fingerprint density at radius 2 is 1.69 bits per heavy atom. The van der Waals surface area contributed by atoms with Crippen molar-refractivity contribution in [3.63, 3.8) is 0 Å². The van der Waals surface area contributed by atoms with E-state index < -0.39 is 22.0 Å². The molecule has 1 amide bonds. The van der Waals surface area contributed by atoms with Gasteiger partial charge in [-0.3, -0.25) is 4.79 Å². The Morgan fingerprint density at radius 1 is 1.00 bits per heavy atom. The van der Waals surface area contributed by atoms with Crippen LogP contribution in [0.3, 0.4) is 0 Å². The Morgan fingerprint density at radius 3 is 2.31 bits per heavy atom. The van der Waals surface area contributed by atoms with E-state index in [9.17, 15) is 13.2 Å². The van der Waals surface area contributed by atoms with Crippen LogP contribution in [0.5, 0.6) is 0 Å². The lowest BCUT2D eigenvalue weighted by atomic mass is 10.1. The molecule has 0 unspecified atom stereocenters. The Balaban J connectivity index is 1.76. The number of amides is 1. The normalized spacial score (nSPS) is 12.5. The van der Waals surface area contributed by atoms with Crippen LogP contribution >= 0.6 is 38.9 Å². The summed E-state index contributed by atoms with van der Waals surface area (Å²) in [7, 11) is -3.83. The minimum Gasteiger partial charge on any atom is -0.351 e. The third kappa shape index (κ3) is 6.38. The third-order valence-corrected chi connectivity index (χ3v) is 7.93. The number of carbonyl (C=O) groups is 1. The van der Waals surface area contributed by atoms with E-state index in [4.69, 9.17) is 11.6 Å². The fourth-order valence-corrected chi connectivity index (χ4v) is 5.99. The molecule has 0 saturated carbocycles. The Hall–Kier alpha value is -1.71. The highest BCUT2D eigenvalue weighted by Gasteiger charge is 2.27. The van der Waals surface area contributed by atoms with Crippen LogP contribution in [0.25, 0.3) is 0 Å². The van der Waals surface area contributed by atoms with E-state index in [0.29, 0.717) is 8.81 Å². The molecule has 0 aliphatic carbocycles. The number of thiophene rings is 1. The molecule has 0 spiro atoms. The zero-order valence-corrected chi connectivity index (χ0v) is 19.1. The minimum atomic E-state index is -3.83. The molecule has 0 aliphatic heterocycles. The number of sulfonamides is 1. The number of carbonyl (C=O) groups excluding carboxylic acids is 1. The number of hydrogen-bond acceptors (Lipinski definition) is 4. The lowest BCUT2D eigenvalue weighted by molar-refractivity contribution is -0.122. The van der Waals surface area contributed by atoms with Crippen LogP contribution in [0.15, 0.2) is 74.7 Å². The molecule has 9 heteroatoms. The molecule has 0 bridgehead atoms. The zero-order chi connectivity index (χ0) is 20.9. The predicted octanol–water partition coefficient (Wildman–Crippen LogP) is 4.37. The lowest BCUT2D eigenvalue weighted by Crippen LogP contribution is -2.47. The first-order valence-corrected chi connectivity index (χ1v) is 12.1. The summed E-state index contributed by atoms with van der Waals surface area (Å²) in [6.07, 6.45) is 0.235. The highest BCUT2D eigenvalue weighted by atomic mass is 79.9. The maximum atomic E-state index is 12.8. The van der Waals surface area contributed by atoms with Crippen LogP contribution < -0.4 is 10.0 Å². The molecule has 152 valence electrons. The average Bonchev–Trinajstić information content (AvgIpc) is 3.15. The monoisotopic (exact) mass is 512 g/mol. The van der Waals surface area contributed by atoms with Gasteiger partial charge in [0, 0.05) is 11.6 Å². The maximum absolute atomic E-state index is 12.8. The fraction of sp³-hybridized carbons (Fsp3) is 0.150. The topological polar surface area (TPSA) is 75.3 Å². The summed E-state index contributed by atoms with van der Waals surface area (Å²) in [5.74, 6) is -0.400. The van der Waals surface area contributed by atoms with E-state index in [1.807, 2.05) is 42.5 Å². The summed E-state index contributed by atoms with van der Waals surface area (Å²) in [5.41, 5.74) is 1.72. The molecular weight excluding hydrogens is 496 g/mol. The summed E-state index contributed by atoms with van der Waals surface area (Å²) in [4.78, 5) is 12.8. The quantitative estimate of drug-likeness (QED) is 0.470. The van der Waals surface area contributed by atoms with Crippen molar-refractivity contribution >= 4 is 54.8 Å². The highest BCUT2D eigenvalue weighted by Crippen LogP contribution is 2.26. The molecular formula is C20H18BrClN2O3S2. The molecule has 1 heterocycles. The highest BCUT2D eigenvalue weighted by molar-refractivity contribution is 9.11. The molecule has 5 nitrogen and oxygen atoms in total. The van der Waals surface area contributed by atoms with Crippen LogP contribution in [0.1, 0.15) is 11.1 Å². The molecule has 0 aliphatic rings. The maximum Gasteiger partial charge on any atom is 0.250 e. The van der Waals surface area contributed by atoms with Gasteiger partial charge >= 0.3 is 0 Å². The summed E-state index contributed by atoms with van der Waals surface area (Å²) >= 11 is 10.2. The molecule has 3 aromatic rings. The van der Waals surface area contributed by atoms with E-state index in [2.05, 4.69) is 26.0 Å². The number of hydrogen-bond donors (Lipinski definition) is 2. The van der Waals surface area contributed by atoms with Gasteiger partial charge in [-0.05, 0) is 57.7 Å². The van der Waals surface area contributed by atoms with Gasteiger partial charge in [-0.15, -0.1) is 11.3 Å². The number of halogens is 2. The first-order valence-electron chi connectivity index (χ1n) is 8.67. The van der Waals surface area contributed by atoms with Crippen molar-refractivity contribution in [2.75, 3.05) is 0 Å². The van der Waals surface area contributed by atoms with Gasteiger partial charge in [0.25, 0.3) is 10.0 Å². The molecule has 0 radical (unpaired) electrons. The second-order valence-electron chi connectivity index (χ2n) is 6.27. The second kappa shape index (κ2) is 9.86. The first-order chi connectivity index (χ1) is 13.8. The van der Waals surface area contributed by atoms with Crippen LogP contribution in [-0.4, -0.2) is 20.4 Å². The average molecular weight is 514 g/mol. The van der Waals surface area contributed by atoms with Gasteiger partial charge in [0.05, 0.1) is 3.79 Å². The van der Waals surface area contributed by atoms with Crippen molar-refractivity contribution in [2.45, 2.75) is 23.2 Å². The SMILES string of the molecule is O=C(NCc1ccc(Cl)cc1)[C@@H](Cc1ccccc1)NS(=O)(=O)c1ccc(Br)s1. The minimum absolute atomic E-state index is 0.146. The zero-order valence-electron chi connectivity index (χ0n) is 15.1. The molecule has 0 saturated heterocycles. The number of nitrogens with one attached hydrogen (secondary N) is 2. The van der Waals surface area contributed by atoms with Gasteiger partial charge in [0.15, 0.2) is 0 Å². The molecule has 1 atom stereocenters. The van der Waals surface area contributed by atoms with E-state index in [0.717, 1.165) is 22.5 Å². The summed E-state index contributed by atoms with van der Waals surface area (Å²) in [6, 6.07) is 18.6. The number of benzene rings is 2. The lowest BCUT2D eigenvalue weighted by Gasteiger charge is -2.18. The predicted molar refractivity (Wildman–Crippen MR) is 120 cm³/mol. The smallest absolute Gasteiger partial charge is 0.250 e. The molecule has 1 aromatic heterocycles. The second-order valence-corrected chi connectivity index (χ2v) is 11.1. The van der Waals surface area contributed by atoms with Gasteiger partial charge in [-0.2, -0.15) is 4.72 Å². The van der Waals surface area contributed by atoms with Crippen molar-refractivity contribution < 1.29 is 13.2 Å². The molecule has 0 fully saturated rings. The van der Waals surface area contributed by atoms with Crippen molar-refractivity contribution in [3.05, 3.63) is 86.7 Å². The Labute approximate surface area is 187 Å². The van der Waals surface area contributed by atoms with Crippen LogP contribution in [0.2, 0.25) is 5.02 Å². The standard InChI is InChI=1S/C20H18BrClN2O3S2/c21-18-10-11-19(28-18)29(26,27)24-17(12-14-4-2-1-3-5-14)20(25)23-13-15-6-8-16(22)9-7-15/h1-11,17,24H,12-13H2,(H,23,25)/t17-/m1/s1. The molecule has 29 heavy (non-hydrogen) atoms. The van der Waals surface area contributed by atoms with E-state index in [1.54, 1.807) is 18.2 Å². The van der Waals surface area contributed by atoms with Gasteiger partial charge < -0.3 is 5.32 Å². The summed E-state index contributed by atoms with van der Waals surface area (Å²) in [6.45, 7) is 0.271. The van der Waals surface area contributed by atoms with Crippen molar-refractivity contribution in [3.8, 4) is 0 Å². The Bertz CT molecular complexity index is 1070. The van der Waals surface area contributed by atoms with Gasteiger partial charge in [0.2, 0.25) is 5.91 Å². The van der Waals surface area contributed by atoms with Crippen molar-refractivity contribution in [1.82, 2.24) is 10.0 Å². The van der Waals surface area contributed by atoms with E-state index in [-0.39, 0.29) is 17.2 Å². The fourth-order valence-electron chi connectivity index (χ4n) is 2.64. The van der Waals surface area contributed by atoms with E-state index in [1.165, 1.54) is 6.07 Å². The van der Waals surface area contributed by atoms with Crippen molar-refractivity contribution in [2.24, 2.45) is 0 Å². The van der Waals surface area contributed by atoms with E-state index >= 15 is 0 Å². The summed E-state index contributed by atoms with van der Waals surface area (Å²) in [5, 5.41) is 3.41.